The van der Waals surface area contributed by atoms with Crippen LogP contribution in [0.2, 0.25) is 5.02 Å². The number of nitrogens with one attached hydrogen (secondary N) is 2. The van der Waals surface area contributed by atoms with Crippen LogP contribution in [0.3, 0.4) is 0 Å². The average molecular weight is 539 g/mol. The van der Waals surface area contributed by atoms with E-state index in [-0.39, 0.29) is 34.4 Å². The number of allylic oxidation sites excluding steroid dienone is 1. The van der Waals surface area contributed by atoms with Gasteiger partial charge in [-0.2, -0.15) is 5.10 Å². The van der Waals surface area contributed by atoms with E-state index in [9.17, 15) is 9.59 Å². The topological polar surface area (TPSA) is 125 Å². The maximum absolute atomic E-state index is 13.8. The zero-order valence-electron chi connectivity index (χ0n) is 21.3. The van der Waals surface area contributed by atoms with Crippen molar-refractivity contribution in [3.63, 3.8) is 0 Å². The lowest BCUT2D eigenvalue weighted by molar-refractivity contribution is -0.129. The van der Waals surface area contributed by atoms with E-state index in [4.69, 9.17) is 30.5 Å². The van der Waals surface area contributed by atoms with Gasteiger partial charge in [0.05, 0.1) is 14.2 Å². The molecule has 38 heavy (non-hydrogen) atoms. The van der Waals surface area contributed by atoms with Crippen LogP contribution in [0.4, 0.5) is 0 Å². The molecule has 0 saturated carbocycles. The maximum Gasteiger partial charge on any atom is 0.236 e. The van der Waals surface area contributed by atoms with Gasteiger partial charge in [-0.3, -0.25) is 14.7 Å². The fourth-order valence-electron chi connectivity index (χ4n) is 5.00. The Morgan fingerprint density at radius 3 is 2.58 bits per heavy atom. The SMILES string of the molecule is COCc1nc(C(NC2=CC(=O)[C@@]3(Oc4c(Cl)c(OC)cc(OC)c4C3=O)[C@H](C)C2)c2ccccc2)n[nH]1. The molecule has 0 bridgehead atoms. The van der Waals surface area contributed by atoms with Gasteiger partial charge in [-0.15, -0.1) is 0 Å². The number of ether oxygens (including phenoxy) is 4. The summed E-state index contributed by atoms with van der Waals surface area (Å²) in [5.74, 6) is 0.179. The van der Waals surface area contributed by atoms with Crippen LogP contribution in [0.1, 0.15) is 47.0 Å². The number of ketones is 2. The number of Topliss-reactive ketones (excluding diaryl/α,β-unsaturated/α-hetero) is 1. The molecule has 2 N–H and O–H groups in total. The predicted molar refractivity (Wildman–Crippen MR) is 138 cm³/mol. The average Bonchev–Trinajstić information content (AvgIpc) is 3.51. The first kappa shape index (κ1) is 25.7. The molecule has 1 aromatic heterocycles. The molecule has 2 aliphatic rings. The van der Waals surface area contributed by atoms with E-state index in [1.165, 1.54) is 26.4 Å². The van der Waals surface area contributed by atoms with Crippen molar-refractivity contribution in [3.05, 3.63) is 76.0 Å². The van der Waals surface area contributed by atoms with E-state index >= 15 is 0 Å². The van der Waals surface area contributed by atoms with Gasteiger partial charge in [0.25, 0.3) is 0 Å². The van der Waals surface area contributed by atoms with Crippen LogP contribution in [0.15, 0.2) is 48.2 Å². The van der Waals surface area contributed by atoms with Crippen LogP contribution in [-0.2, 0) is 16.1 Å². The van der Waals surface area contributed by atoms with Crippen molar-refractivity contribution < 1.29 is 28.5 Å². The van der Waals surface area contributed by atoms with Gasteiger partial charge < -0.3 is 24.3 Å². The predicted octanol–water partition coefficient (Wildman–Crippen LogP) is 3.81. The highest BCUT2D eigenvalue weighted by Crippen LogP contribution is 2.53. The first-order valence-corrected chi connectivity index (χ1v) is 12.4. The van der Waals surface area contributed by atoms with Crippen LogP contribution in [-0.4, -0.2) is 53.7 Å². The molecule has 2 heterocycles. The molecule has 198 valence electrons. The Bertz CT molecular complexity index is 1420. The van der Waals surface area contributed by atoms with Crippen molar-refractivity contribution in [2.45, 2.75) is 31.6 Å². The molecule has 0 radical (unpaired) electrons. The summed E-state index contributed by atoms with van der Waals surface area (Å²) in [4.78, 5) is 32.0. The fourth-order valence-corrected chi connectivity index (χ4v) is 5.26. The Hall–Kier alpha value is -3.89. The molecule has 3 atom stereocenters. The number of carbonyl (C=O) groups excluding carboxylic acids is 2. The van der Waals surface area contributed by atoms with E-state index in [1.54, 1.807) is 14.0 Å². The Labute approximate surface area is 224 Å². The maximum atomic E-state index is 13.8. The Kier molecular flexibility index (Phi) is 6.85. The summed E-state index contributed by atoms with van der Waals surface area (Å²) in [6.07, 6.45) is 1.77. The summed E-state index contributed by atoms with van der Waals surface area (Å²) in [6, 6.07) is 10.7. The molecule has 11 heteroatoms. The Morgan fingerprint density at radius 1 is 1.18 bits per heavy atom. The highest BCUT2D eigenvalue weighted by atomic mass is 35.5. The third-order valence-corrected chi connectivity index (χ3v) is 7.22. The summed E-state index contributed by atoms with van der Waals surface area (Å²) < 4.78 is 22.0. The van der Waals surface area contributed by atoms with Crippen molar-refractivity contribution in [3.8, 4) is 17.2 Å². The second-order valence-corrected chi connectivity index (χ2v) is 9.54. The second kappa shape index (κ2) is 10.1. The van der Waals surface area contributed by atoms with E-state index in [2.05, 4.69) is 20.5 Å². The Morgan fingerprint density at radius 2 is 1.92 bits per heavy atom. The summed E-state index contributed by atoms with van der Waals surface area (Å²) >= 11 is 6.48. The molecule has 10 nitrogen and oxygen atoms in total. The quantitative estimate of drug-likeness (QED) is 0.412. The van der Waals surface area contributed by atoms with E-state index in [0.717, 1.165) is 5.56 Å². The number of H-pyrrole nitrogens is 1. The molecule has 2 aromatic carbocycles. The van der Waals surface area contributed by atoms with Crippen LogP contribution in [0.25, 0.3) is 0 Å². The standard InChI is InChI=1S/C27H27ClN4O6/c1-14-10-16(29-23(15-8-6-5-7-9-15)26-30-20(13-35-2)31-32-26)11-19(33)27(14)25(34)21-17(36-3)12-18(37-4)22(28)24(21)38-27/h5-9,11-12,14,23,29H,10,13H2,1-4H3,(H,30,31,32)/t14-,23?,27+/m1/s1. The summed E-state index contributed by atoms with van der Waals surface area (Å²) in [7, 11) is 4.46. The van der Waals surface area contributed by atoms with Gasteiger partial charge in [-0.1, -0.05) is 48.9 Å². The van der Waals surface area contributed by atoms with Crippen molar-refractivity contribution >= 4 is 23.2 Å². The minimum absolute atomic E-state index is 0.0893. The number of aromatic amines is 1. The number of hydrogen-bond donors (Lipinski definition) is 2. The summed E-state index contributed by atoms with van der Waals surface area (Å²) in [6.45, 7) is 2.08. The molecule has 0 fully saturated rings. The van der Waals surface area contributed by atoms with Crippen LogP contribution in [0, 0.1) is 5.92 Å². The van der Waals surface area contributed by atoms with Crippen molar-refractivity contribution in [2.24, 2.45) is 5.92 Å². The zero-order chi connectivity index (χ0) is 27.0. The molecule has 1 unspecified atom stereocenters. The summed E-state index contributed by atoms with van der Waals surface area (Å²) in [5.41, 5.74) is -0.0872. The van der Waals surface area contributed by atoms with E-state index in [1.807, 2.05) is 30.3 Å². The lowest BCUT2D eigenvalue weighted by Crippen LogP contribution is -2.55. The molecule has 0 amide bonds. The third-order valence-electron chi connectivity index (χ3n) is 6.86. The number of benzene rings is 2. The van der Waals surface area contributed by atoms with E-state index in [0.29, 0.717) is 23.8 Å². The fraction of sp³-hybridized carbons (Fsp3) is 0.333. The second-order valence-electron chi connectivity index (χ2n) is 9.17. The van der Waals surface area contributed by atoms with E-state index < -0.39 is 29.1 Å². The minimum Gasteiger partial charge on any atom is -0.496 e. The monoisotopic (exact) mass is 538 g/mol. The Balaban J connectivity index is 1.49. The van der Waals surface area contributed by atoms with Crippen LogP contribution < -0.4 is 19.5 Å². The van der Waals surface area contributed by atoms with Gasteiger partial charge >= 0.3 is 0 Å². The van der Waals surface area contributed by atoms with Gasteiger partial charge in [-0.05, 0) is 12.0 Å². The first-order chi connectivity index (χ1) is 18.3. The normalized spacial score (nSPS) is 21.1. The molecular formula is C27H27ClN4O6. The number of halogens is 1. The highest BCUT2D eigenvalue weighted by molar-refractivity contribution is 6.36. The molecule has 1 aliphatic heterocycles. The zero-order valence-corrected chi connectivity index (χ0v) is 22.1. The largest absolute Gasteiger partial charge is 0.496 e. The highest BCUT2D eigenvalue weighted by Gasteiger charge is 2.60. The minimum atomic E-state index is -1.75. The number of hydrogen-bond acceptors (Lipinski definition) is 9. The molecule has 3 aromatic rings. The van der Waals surface area contributed by atoms with Gasteiger partial charge in [-0.25, -0.2) is 4.98 Å². The molecule has 0 saturated heterocycles. The molecular weight excluding hydrogens is 512 g/mol. The third kappa shape index (κ3) is 4.10. The lowest BCUT2D eigenvalue weighted by Gasteiger charge is -2.36. The van der Waals surface area contributed by atoms with Crippen molar-refractivity contribution in [1.82, 2.24) is 20.5 Å². The molecule has 1 aliphatic carbocycles. The van der Waals surface area contributed by atoms with Crippen LogP contribution in [0.5, 0.6) is 17.2 Å². The van der Waals surface area contributed by atoms with Gasteiger partial charge in [0.2, 0.25) is 17.2 Å². The van der Waals surface area contributed by atoms with Crippen LogP contribution >= 0.6 is 11.6 Å². The number of nitrogens with zero attached hydrogens (tertiary/aromatic N) is 2. The van der Waals surface area contributed by atoms with Crippen molar-refractivity contribution in [1.29, 1.82) is 0 Å². The number of rotatable bonds is 8. The van der Waals surface area contributed by atoms with Gasteiger partial charge in [0, 0.05) is 30.9 Å². The first-order valence-electron chi connectivity index (χ1n) is 12.0. The molecule has 1 spiro atoms. The van der Waals surface area contributed by atoms with Gasteiger partial charge in [0.1, 0.15) is 34.7 Å². The number of carbonyl (C=O) groups is 2. The van der Waals surface area contributed by atoms with Crippen molar-refractivity contribution in [2.75, 3.05) is 21.3 Å². The number of methoxy groups -OCH3 is 3. The lowest BCUT2D eigenvalue weighted by atomic mass is 9.74. The smallest absolute Gasteiger partial charge is 0.236 e. The molecule has 5 rings (SSSR count). The van der Waals surface area contributed by atoms with Gasteiger partial charge in [0.15, 0.2) is 17.4 Å². The number of aromatic nitrogens is 3. The number of fused-ring (bicyclic) bond motifs is 1. The summed E-state index contributed by atoms with van der Waals surface area (Å²) in [5, 5.41) is 10.8.